The minimum Gasteiger partial charge on any atom is -0.399 e. The molecule has 1 saturated carbocycles. The van der Waals surface area contributed by atoms with Crippen LogP contribution in [-0.2, 0) is 6.42 Å². The maximum atomic E-state index is 5.95. The van der Waals surface area contributed by atoms with Crippen molar-refractivity contribution in [3.63, 3.8) is 0 Å². The van der Waals surface area contributed by atoms with E-state index in [1.807, 2.05) is 6.07 Å². The van der Waals surface area contributed by atoms with Gasteiger partial charge in [-0.2, -0.15) is 0 Å². The van der Waals surface area contributed by atoms with Crippen LogP contribution in [0.5, 0.6) is 0 Å². The molecule has 1 aliphatic carbocycles. The third-order valence-electron chi connectivity index (χ3n) is 4.53. The Bertz CT molecular complexity index is 408. The Hall–Kier alpha value is -1.18. The number of benzene rings is 1. The molecule has 1 aromatic rings. The molecule has 3 rings (SSSR count). The van der Waals surface area contributed by atoms with E-state index in [2.05, 4.69) is 17.0 Å². The fourth-order valence-electron chi connectivity index (χ4n) is 3.54. The minimum atomic E-state index is 0.907. The Labute approximate surface area is 110 Å². The molecule has 0 radical (unpaired) electrons. The van der Waals surface area contributed by atoms with E-state index in [-0.39, 0.29) is 0 Å². The molecule has 0 amide bonds. The predicted molar refractivity (Wildman–Crippen MR) is 78.0 cm³/mol. The molecule has 2 heteroatoms. The first-order valence-corrected chi connectivity index (χ1v) is 7.46. The number of aryl methyl sites for hydroxylation is 1. The lowest BCUT2D eigenvalue weighted by molar-refractivity contribution is 0.356. The van der Waals surface area contributed by atoms with E-state index in [1.54, 1.807) is 0 Å². The van der Waals surface area contributed by atoms with Crippen LogP contribution < -0.4 is 10.6 Å². The summed E-state index contributed by atoms with van der Waals surface area (Å²) < 4.78 is 0. The van der Waals surface area contributed by atoms with Crippen molar-refractivity contribution in [3.05, 3.63) is 23.8 Å². The zero-order valence-corrected chi connectivity index (χ0v) is 11.2. The number of anilines is 2. The summed E-state index contributed by atoms with van der Waals surface area (Å²) in [6, 6.07) is 6.44. The van der Waals surface area contributed by atoms with Gasteiger partial charge in [-0.3, -0.25) is 0 Å². The number of fused-ring (bicyclic) bond motifs is 1. The highest BCUT2D eigenvalue weighted by Crippen LogP contribution is 2.32. The van der Waals surface area contributed by atoms with E-state index in [0.29, 0.717) is 0 Å². The summed E-state index contributed by atoms with van der Waals surface area (Å²) in [7, 11) is 0. The van der Waals surface area contributed by atoms with Crippen LogP contribution in [0.1, 0.15) is 44.1 Å². The number of nitrogens with zero attached hydrogens (tertiary/aromatic N) is 1. The normalized spacial score (nSPS) is 20.8. The molecule has 0 spiro atoms. The van der Waals surface area contributed by atoms with Crippen molar-refractivity contribution >= 4 is 11.4 Å². The van der Waals surface area contributed by atoms with Gasteiger partial charge in [-0.1, -0.05) is 25.3 Å². The van der Waals surface area contributed by atoms with Gasteiger partial charge in [0.2, 0.25) is 0 Å². The van der Waals surface area contributed by atoms with Crippen LogP contribution in [0.3, 0.4) is 0 Å². The second-order valence-electron chi connectivity index (χ2n) is 5.94. The van der Waals surface area contributed by atoms with Crippen LogP contribution in [0.4, 0.5) is 11.4 Å². The lowest BCUT2D eigenvalue weighted by Gasteiger charge is -2.35. The molecular weight excluding hydrogens is 220 g/mol. The maximum absolute atomic E-state index is 5.95. The number of hydrogen-bond acceptors (Lipinski definition) is 2. The lowest BCUT2D eigenvalue weighted by Crippen LogP contribution is -2.34. The second kappa shape index (κ2) is 5.21. The van der Waals surface area contributed by atoms with E-state index in [9.17, 15) is 0 Å². The SMILES string of the molecule is Nc1ccc2c(c1)N(CC1CCCCC1)CCC2. The van der Waals surface area contributed by atoms with E-state index in [4.69, 9.17) is 5.73 Å². The van der Waals surface area contributed by atoms with Crippen molar-refractivity contribution in [2.24, 2.45) is 5.92 Å². The molecule has 0 atom stereocenters. The highest BCUT2D eigenvalue weighted by atomic mass is 15.1. The quantitative estimate of drug-likeness (QED) is 0.805. The summed E-state index contributed by atoms with van der Waals surface area (Å²) in [5, 5.41) is 0. The Balaban J connectivity index is 1.75. The maximum Gasteiger partial charge on any atom is 0.0419 e. The average molecular weight is 244 g/mol. The summed E-state index contributed by atoms with van der Waals surface area (Å²) in [5.74, 6) is 0.908. The Morgan fingerprint density at radius 1 is 1.11 bits per heavy atom. The summed E-state index contributed by atoms with van der Waals surface area (Å²) in [6.07, 6.45) is 9.67. The summed E-state index contributed by atoms with van der Waals surface area (Å²) in [5.41, 5.74) is 9.76. The monoisotopic (exact) mass is 244 g/mol. The van der Waals surface area contributed by atoms with Crippen LogP contribution in [0.15, 0.2) is 18.2 Å². The number of rotatable bonds is 2. The third-order valence-corrected chi connectivity index (χ3v) is 4.53. The summed E-state index contributed by atoms with van der Waals surface area (Å²) >= 11 is 0. The number of nitrogen functional groups attached to an aromatic ring is 1. The second-order valence-corrected chi connectivity index (χ2v) is 5.94. The Kier molecular flexibility index (Phi) is 3.44. The van der Waals surface area contributed by atoms with Crippen molar-refractivity contribution < 1.29 is 0 Å². The standard InChI is InChI=1S/C16H24N2/c17-15-9-8-14-7-4-10-18(16(14)11-15)12-13-5-2-1-3-6-13/h8-9,11,13H,1-7,10,12,17H2. The van der Waals surface area contributed by atoms with Crippen LogP contribution in [0.2, 0.25) is 0 Å². The van der Waals surface area contributed by atoms with E-state index in [1.165, 1.54) is 69.3 Å². The summed E-state index contributed by atoms with van der Waals surface area (Å²) in [4.78, 5) is 2.59. The van der Waals surface area contributed by atoms with Gasteiger partial charge in [0.15, 0.2) is 0 Å². The van der Waals surface area contributed by atoms with E-state index < -0.39 is 0 Å². The highest BCUT2D eigenvalue weighted by molar-refractivity contribution is 5.62. The van der Waals surface area contributed by atoms with Gasteiger partial charge in [0, 0.05) is 24.5 Å². The molecule has 98 valence electrons. The fraction of sp³-hybridized carbons (Fsp3) is 0.625. The predicted octanol–water partition coefficient (Wildman–Crippen LogP) is 3.60. The third kappa shape index (κ3) is 2.47. The molecular formula is C16H24N2. The van der Waals surface area contributed by atoms with Gasteiger partial charge in [-0.15, -0.1) is 0 Å². The van der Waals surface area contributed by atoms with Crippen molar-refractivity contribution in [1.82, 2.24) is 0 Å². The zero-order valence-electron chi connectivity index (χ0n) is 11.2. The molecule has 0 aromatic heterocycles. The first-order valence-electron chi connectivity index (χ1n) is 7.46. The molecule has 2 N–H and O–H groups in total. The molecule has 0 unspecified atom stereocenters. The molecule has 1 fully saturated rings. The van der Waals surface area contributed by atoms with E-state index in [0.717, 1.165) is 11.6 Å². The van der Waals surface area contributed by atoms with Gasteiger partial charge in [0.1, 0.15) is 0 Å². The van der Waals surface area contributed by atoms with Crippen LogP contribution in [0.25, 0.3) is 0 Å². The molecule has 2 aliphatic rings. The molecule has 1 heterocycles. The van der Waals surface area contributed by atoms with Gasteiger partial charge < -0.3 is 10.6 Å². The van der Waals surface area contributed by atoms with Crippen molar-refractivity contribution in [2.75, 3.05) is 23.7 Å². The van der Waals surface area contributed by atoms with Crippen molar-refractivity contribution in [1.29, 1.82) is 0 Å². The van der Waals surface area contributed by atoms with Gasteiger partial charge in [0.05, 0.1) is 0 Å². The zero-order chi connectivity index (χ0) is 12.4. The van der Waals surface area contributed by atoms with Crippen molar-refractivity contribution in [2.45, 2.75) is 44.9 Å². The Morgan fingerprint density at radius 2 is 1.94 bits per heavy atom. The average Bonchev–Trinajstić information content (AvgIpc) is 2.41. The van der Waals surface area contributed by atoms with Gasteiger partial charge in [-0.25, -0.2) is 0 Å². The van der Waals surface area contributed by atoms with Crippen LogP contribution >= 0.6 is 0 Å². The van der Waals surface area contributed by atoms with Gasteiger partial charge in [-0.05, 0) is 49.3 Å². The molecule has 2 nitrogen and oxygen atoms in total. The molecule has 0 saturated heterocycles. The first kappa shape index (κ1) is 11.9. The van der Waals surface area contributed by atoms with Gasteiger partial charge >= 0.3 is 0 Å². The largest absolute Gasteiger partial charge is 0.399 e. The Morgan fingerprint density at radius 3 is 2.78 bits per heavy atom. The lowest BCUT2D eigenvalue weighted by atomic mass is 9.88. The van der Waals surface area contributed by atoms with Crippen LogP contribution in [-0.4, -0.2) is 13.1 Å². The minimum absolute atomic E-state index is 0.907. The summed E-state index contributed by atoms with van der Waals surface area (Å²) in [6.45, 7) is 2.46. The number of hydrogen-bond donors (Lipinski definition) is 1. The first-order chi connectivity index (χ1) is 8.83. The molecule has 1 aromatic carbocycles. The molecule has 18 heavy (non-hydrogen) atoms. The van der Waals surface area contributed by atoms with Gasteiger partial charge in [0.25, 0.3) is 0 Å². The number of nitrogens with two attached hydrogens (primary N) is 1. The van der Waals surface area contributed by atoms with E-state index >= 15 is 0 Å². The smallest absolute Gasteiger partial charge is 0.0419 e. The molecule has 0 bridgehead atoms. The van der Waals surface area contributed by atoms with Crippen LogP contribution in [0, 0.1) is 5.92 Å². The fourth-order valence-corrected chi connectivity index (χ4v) is 3.54. The highest BCUT2D eigenvalue weighted by Gasteiger charge is 2.21. The topological polar surface area (TPSA) is 29.3 Å². The van der Waals surface area contributed by atoms with Crippen molar-refractivity contribution in [3.8, 4) is 0 Å². The molecule has 1 aliphatic heterocycles.